The molecule has 2 rings (SSSR count). The van der Waals surface area contributed by atoms with Crippen LogP contribution in [0.3, 0.4) is 0 Å². The molecule has 1 aromatic carbocycles. The first-order valence-electron chi connectivity index (χ1n) is 6.34. The van der Waals surface area contributed by atoms with Gasteiger partial charge in [-0.05, 0) is 23.7 Å². The molecule has 0 atom stereocenters. The van der Waals surface area contributed by atoms with Gasteiger partial charge in [0.1, 0.15) is 0 Å². The molecule has 0 aliphatic heterocycles. The average molecular weight is 280 g/mol. The lowest BCUT2D eigenvalue weighted by Gasteiger charge is -2.15. The Labute approximate surface area is 115 Å². The summed E-state index contributed by atoms with van der Waals surface area (Å²) in [6.07, 6.45) is -1.95. The summed E-state index contributed by atoms with van der Waals surface area (Å²) in [5, 5.41) is 3.13. The summed E-state index contributed by atoms with van der Waals surface area (Å²) in [5.74, 6) is 0. The van der Waals surface area contributed by atoms with Gasteiger partial charge >= 0.3 is 6.18 Å². The van der Waals surface area contributed by atoms with Crippen molar-refractivity contribution in [1.82, 2.24) is 10.3 Å². The van der Waals surface area contributed by atoms with Crippen molar-refractivity contribution in [3.8, 4) is 11.1 Å². The van der Waals surface area contributed by atoms with Crippen molar-refractivity contribution in [2.75, 3.05) is 6.54 Å². The second-order valence-corrected chi connectivity index (χ2v) is 4.36. The van der Waals surface area contributed by atoms with E-state index in [1.54, 1.807) is 12.1 Å². The van der Waals surface area contributed by atoms with E-state index in [2.05, 4.69) is 10.3 Å². The lowest BCUT2D eigenvalue weighted by Crippen LogP contribution is -2.13. The van der Waals surface area contributed by atoms with Crippen molar-refractivity contribution in [1.29, 1.82) is 0 Å². The lowest BCUT2D eigenvalue weighted by molar-refractivity contribution is -0.137. The Morgan fingerprint density at radius 3 is 2.55 bits per heavy atom. The van der Waals surface area contributed by atoms with Gasteiger partial charge in [0.05, 0.1) is 5.56 Å². The number of aromatic nitrogens is 1. The molecule has 0 fully saturated rings. The van der Waals surface area contributed by atoms with Gasteiger partial charge in [-0.3, -0.25) is 4.98 Å². The Morgan fingerprint density at radius 2 is 1.85 bits per heavy atom. The number of benzene rings is 1. The summed E-state index contributed by atoms with van der Waals surface area (Å²) in [7, 11) is 0. The highest BCUT2D eigenvalue weighted by molar-refractivity contribution is 5.70. The number of hydrogen-bond acceptors (Lipinski definition) is 2. The van der Waals surface area contributed by atoms with E-state index in [0.29, 0.717) is 12.1 Å². The Morgan fingerprint density at radius 1 is 1.10 bits per heavy atom. The molecule has 106 valence electrons. The Bertz CT molecular complexity index is 579. The van der Waals surface area contributed by atoms with Crippen LogP contribution < -0.4 is 5.32 Å². The Hall–Kier alpha value is -1.88. The minimum absolute atomic E-state index is 0.119. The molecule has 2 aromatic rings. The van der Waals surface area contributed by atoms with Crippen LogP contribution in [-0.2, 0) is 12.7 Å². The summed E-state index contributed by atoms with van der Waals surface area (Å²) in [4.78, 5) is 3.84. The van der Waals surface area contributed by atoms with Crippen LogP contribution in [0, 0.1) is 0 Å². The van der Waals surface area contributed by atoms with Gasteiger partial charge in [-0.1, -0.05) is 31.2 Å². The van der Waals surface area contributed by atoms with E-state index in [1.807, 2.05) is 19.1 Å². The molecule has 1 N–H and O–H groups in total. The van der Waals surface area contributed by atoms with Crippen molar-refractivity contribution in [3.63, 3.8) is 0 Å². The lowest BCUT2D eigenvalue weighted by atomic mass is 9.97. The first-order valence-corrected chi connectivity index (χ1v) is 6.34. The quantitative estimate of drug-likeness (QED) is 0.919. The number of alkyl halides is 3. The summed E-state index contributed by atoms with van der Waals surface area (Å²) < 4.78 is 39.2. The predicted octanol–water partition coefficient (Wildman–Crippen LogP) is 3.88. The topological polar surface area (TPSA) is 24.9 Å². The van der Waals surface area contributed by atoms with Gasteiger partial charge in [-0.2, -0.15) is 13.2 Å². The number of rotatable bonds is 4. The molecule has 0 radical (unpaired) electrons. The van der Waals surface area contributed by atoms with Crippen LogP contribution >= 0.6 is 0 Å². The second-order valence-electron chi connectivity index (χ2n) is 4.36. The van der Waals surface area contributed by atoms with Crippen LogP contribution in [0.25, 0.3) is 11.1 Å². The van der Waals surface area contributed by atoms with Crippen LogP contribution in [0.5, 0.6) is 0 Å². The highest BCUT2D eigenvalue weighted by Crippen LogP contribution is 2.37. The molecular weight excluding hydrogens is 265 g/mol. The molecular formula is C15H15F3N2. The standard InChI is InChI=1S/C15H15F3N2/c1-2-19-9-11-5-3-4-6-12(11)13-10-20-8-7-14(13)15(16,17)18/h3-8,10,19H,2,9H2,1H3. The summed E-state index contributed by atoms with van der Waals surface area (Å²) >= 11 is 0. The molecule has 5 heteroatoms. The predicted molar refractivity (Wildman–Crippen MR) is 72.1 cm³/mol. The van der Waals surface area contributed by atoms with Crippen molar-refractivity contribution in [2.45, 2.75) is 19.6 Å². The van der Waals surface area contributed by atoms with E-state index >= 15 is 0 Å². The highest BCUT2D eigenvalue weighted by atomic mass is 19.4. The molecule has 20 heavy (non-hydrogen) atoms. The van der Waals surface area contributed by atoms with Gasteiger partial charge < -0.3 is 5.32 Å². The van der Waals surface area contributed by atoms with Gasteiger partial charge in [0, 0.05) is 24.5 Å². The van der Waals surface area contributed by atoms with E-state index in [-0.39, 0.29) is 5.56 Å². The molecule has 0 spiro atoms. The fourth-order valence-electron chi connectivity index (χ4n) is 2.05. The highest BCUT2D eigenvalue weighted by Gasteiger charge is 2.33. The second kappa shape index (κ2) is 6.05. The van der Waals surface area contributed by atoms with E-state index in [4.69, 9.17) is 0 Å². The SMILES string of the molecule is CCNCc1ccccc1-c1cnccc1C(F)(F)F. The number of hydrogen-bond donors (Lipinski definition) is 1. The molecule has 2 nitrogen and oxygen atoms in total. The van der Waals surface area contributed by atoms with Gasteiger partial charge in [0.2, 0.25) is 0 Å². The Balaban J connectivity index is 2.52. The number of nitrogens with one attached hydrogen (secondary N) is 1. The molecule has 1 heterocycles. The maximum Gasteiger partial charge on any atom is 0.417 e. The van der Waals surface area contributed by atoms with Crippen LogP contribution in [0.1, 0.15) is 18.1 Å². The summed E-state index contributed by atoms with van der Waals surface area (Å²) in [6, 6.07) is 8.08. The van der Waals surface area contributed by atoms with E-state index in [1.165, 1.54) is 12.4 Å². The fourth-order valence-corrected chi connectivity index (χ4v) is 2.05. The largest absolute Gasteiger partial charge is 0.417 e. The summed E-state index contributed by atoms with van der Waals surface area (Å²) in [6.45, 7) is 3.24. The smallest absolute Gasteiger partial charge is 0.313 e. The molecule has 0 bridgehead atoms. The number of nitrogens with zero attached hydrogens (tertiary/aromatic N) is 1. The zero-order valence-electron chi connectivity index (χ0n) is 11.0. The van der Waals surface area contributed by atoms with Gasteiger partial charge in [0.15, 0.2) is 0 Å². The van der Waals surface area contributed by atoms with Crippen LogP contribution in [-0.4, -0.2) is 11.5 Å². The molecule has 0 amide bonds. The fraction of sp³-hybridized carbons (Fsp3) is 0.267. The van der Waals surface area contributed by atoms with Gasteiger partial charge in [0.25, 0.3) is 0 Å². The minimum Gasteiger partial charge on any atom is -0.313 e. The third-order valence-electron chi connectivity index (χ3n) is 3.00. The van der Waals surface area contributed by atoms with E-state index < -0.39 is 11.7 Å². The van der Waals surface area contributed by atoms with Crippen LogP contribution in [0.15, 0.2) is 42.7 Å². The average Bonchev–Trinajstić information content (AvgIpc) is 2.44. The van der Waals surface area contributed by atoms with Crippen molar-refractivity contribution in [2.24, 2.45) is 0 Å². The minimum atomic E-state index is -4.39. The van der Waals surface area contributed by atoms with Gasteiger partial charge in [-0.15, -0.1) is 0 Å². The first-order chi connectivity index (χ1) is 9.54. The van der Waals surface area contributed by atoms with Gasteiger partial charge in [-0.25, -0.2) is 0 Å². The van der Waals surface area contributed by atoms with E-state index in [9.17, 15) is 13.2 Å². The van der Waals surface area contributed by atoms with Crippen molar-refractivity contribution in [3.05, 3.63) is 53.9 Å². The maximum absolute atomic E-state index is 13.1. The first kappa shape index (κ1) is 14.5. The molecule has 0 aliphatic carbocycles. The van der Waals surface area contributed by atoms with Crippen LogP contribution in [0.4, 0.5) is 13.2 Å². The third-order valence-corrected chi connectivity index (χ3v) is 3.00. The zero-order chi connectivity index (χ0) is 14.6. The van der Waals surface area contributed by atoms with Crippen molar-refractivity contribution >= 4 is 0 Å². The molecule has 0 aliphatic rings. The normalized spacial score (nSPS) is 11.6. The number of halogens is 3. The van der Waals surface area contributed by atoms with Crippen LogP contribution in [0.2, 0.25) is 0 Å². The third kappa shape index (κ3) is 3.17. The molecule has 0 saturated carbocycles. The zero-order valence-corrected chi connectivity index (χ0v) is 11.0. The summed E-state index contributed by atoms with van der Waals surface area (Å²) in [5.41, 5.74) is 0.853. The maximum atomic E-state index is 13.1. The molecule has 0 saturated heterocycles. The Kier molecular flexibility index (Phi) is 4.39. The molecule has 1 aromatic heterocycles. The number of pyridine rings is 1. The van der Waals surface area contributed by atoms with E-state index in [0.717, 1.165) is 18.2 Å². The monoisotopic (exact) mass is 280 g/mol. The molecule has 0 unspecified atom stereocenters. The van der Waals surface area contributed by atoms with Crippen molar-refractivity contribution < 1.29 is 13.2 Å².